The van der Waals surface area contributed by atoms with Crippen LogP contribution in [0.25, 0.3) is 0 Å². The number of nitrogens with one attached hydrogen (secondary N) is 1. The highest BCUT2D eigenvalue weighted by molar-refractivity contribution is 8.00. The molecule has 2 aliphatic rings. The number of nitrogens with zero attached hydrogens (tertiary/aromatic N) is 3. The summed E-state index contributed by atoms with van der Waals surface area (Å²) in [6.45, 7) is 4.23. The van der Waals surface area contributed by atoms with Gasteiger partial charge < -0.3 is 25.9 Å². The van der Waals surface area contributed by atoms with E-state index < -0.39 is 17.9 Å². The fourth-order valence-corrected chi connectivity index (χ4v) is 5.09. The number of hydrogen-bond donors (Lipinski definition) is 3. The maximum atomic E-state index is 12.9. The molecule has 4 N–H and O–H groups in total. The third-order valence-corrected chi connectivity index (χ3v) is 7.01. The summed E-state index contributed by atoms with van der Waals surface area (Å²) in [6, 6.07) is -0.794. The summed E-state index contributed by atoms with van der Waals surface area (Å²) < 4.78 is 0. The third kappa shape index (κ3) is 5.18. The number of oxime groups is 1. The van der Waals surface area contributed by atoms with Gasteiger partial charge in [0.15, 0.2) is 10.8 Å². The van der Waals surface area contributed by atoms with Crippen LogP contribution in [-0.4, -0.2) is 61.8 Å². The van der Waals surface area contributed by atoms with Crippen LogP contribution in [-0.2, 0) is 19.2 Å². The van der Waals surface area contributed by atoms with Crippen molar-refractivity contribution in [3.8, 4) is 0 Å². The van der Waals surface area contributed by atoms with E-state index in [0.717, 1.165) is 25.7 Å². The van der Waals surface area contributed by atoms with Crippen molar-refractivity contribution in [3.63, 3.8) is 0 Å². The number of anilines is 1. The first-order valence-electron chi connectivity index (χ1n) is 9.98. The molecule has 1 aromatic rings. The number of nitrogen functional groups attached to an aromatic ring is 1. The van der Waals surface area contributed by atoms with Crippen LogP contribution in [0.3, 0.4) is 0 Å². The van der Waals surface area contributed by atoms with Crippen LogP contribution in [0, 0.1) is 0 Å². The Hall–Kier alpha value is -2.60. The van der Waals surface area contributed by atoms with Gasteiger partial charge in [0, 0.05) is 16.8 Å². The Balaban J connectivity index is 1.68. The molecule has 3 rings (SSSR count). The smallest absolute Gasteiger partial charge is 0.334 e. The molecule has 1 aromatic heterocycles. The van der Waals surface area contributed by atoms with Gasteiger partial charge in [-0.2, -0.15) is 0 Å². The molecule has 0 saturated carbocycles. The zero-order valence-corrected chi connectivity index (χ0v) is 18.9. The van der Waals surface area contributed by atoms with Crippen molar-refractivity contribution in [2.24, 2.45) is 5.16 Å². The summed E-state index contributed by atoms with van der Waals surface area (Å²) in [5.74, 6) is -2.04. The average molecular weight is 468 g/mol. The quantitative estimate of drug-likeness (QED) is 0.204. The van der Waals surface area contributed by atoms with Gasteiger partial charge in [-0.25, -0.2) is 9.78 Å². The van der Waals surface area contributed by atoms with Crippen molar-refractivity contribution in [3.05, 3.63) is 22.8 Å². The molecule has 1 saturated heterocycles. The molecular formula is C19H25N5O5S2. The van der Waals surface area contributed by atoms with Crippen LogP contribution in [0.1, 0.15) is 45.2 Å². The molecule has 2 amide bonds. The maximum Gasteiger partial charge on any atom is 0.334 e. The zero-order valence-electron chi connectivity index (χ0n) is 17.2. The lowest BCUT2D eigenvalue weighted by atomic mass is 10.1. The highest BCUT2D eigenvalue weighted by Crippen LogP contribution is 2.40. The maximum absolute atomic E-state index is 12.9. The van der Waals surface area contributed by atoms with Crippen LogP contribution in [0.4, 0.5) is 5.13 Å². The SMILES string of the molecule is CCCCCCON=C(C(=O)NC1C(=O)N2C=C(C(=O)O)C(C)S[C@H]12)c1csc(N)n1. The Morgan fingerprint density at radius 2 is 2.16 bits per heavy atom. The molecule has 0 aliphatic carbocycles. The molecular weight excluding hydrogens is 442 g/mol. The number of thiazole rings is 1. The highest BCUT2D eigenvalue weighted by Gasteiger charge is 2.51. The van der Waals surface area contributed by atoms with E-state index in [0.29, 0.717) is 6.61 Å². The number of nitrogens with two attached hydrogens (primary N) is 1. The molecule has 0 bridgehead atoms. The Morgan fingerprint density at radius 3 is 2.81 bits per heavy atom. The number of carbonyl (C=O) groups excluding carboxylic acids is 2. The minimum atomic E-state index is -1.06. The largest absolute Gasteiger partial charge is 0.478 e. The van der Waals surface area contributed by atoms with Gasteiger partial charge in [-0.1, -0.05) is 24.9 Å². The normalized spacial score (nSPS) is 23.0. The van der Waals surface area contributed by atoms with Crippen molar-refractivity contribution >= 4 is 51.7 Å². The summed E-state index contributed by atoms with van der Waals surface area (Å²) in [5, 5.41) is 17.1. The second-order valence-corrected chi connectivity index (χ2v) is 9.51. The first-order valence-corrected chi connectivity index (χ1v) is 11.8. The van der Waals surface area contributed by atoms with Gasteiger partial charge in [-0.3, -0.25) is 9.59 Å². The predicted octanol–water partition coefficient (Wildman–Crippen LogP) is 1.78. The summed E-state index contributed by atoms with van der Waals surface area (Å²) >= 11 is 2.47. The number of thioether (sulfide) groups is 1. The Labute approximate surface area is 187 Å². The van der Waals surface area contributed by atoms with Crippen LogP contribution in [0.5, 0.6) is 0 Å². The fraction of sp³-hybridized carbons (Fsp3) is 0.526. The Kier molecular flexibility index (Phi) is 7.55. The van der Waals surface area contributed by atoms with E-state index in [2.05, 4.69) is 22.4 Å². The van der Waals surface area contributed by atoms with Gasteiger partial charge in [-0.15, -0.1) is 23.1 Å². The lowest BCUT2D eigenvalue weighted by Crippen LogP contribution is -2.69. The minimum absolute atomic E-state index is 0.0506. The molecule has 2 unspecified atom stereocenters. The van der Waals surface area contributed by atoms with E-state index in [1.54, 1.807) is 12.3 Å². The van der Waals surface area contributed by atoms with E-state index in [4.69, 9.17) is 10.6 Å². The number of amides is 2. The lowest BCUT2D eigenvalue weighted by molar-refractivity contribution is -0.144. The van der Waals surface area contributed by atoms with Crippen molar-refractivity contribution in [1.29, 1.82) is 0 Å². The molecule has 168 valence electrons. The van der Waals surface area contributed by atoms with Gasteiger partial charge in [0.25, 0.3) is 11.8 Å². The van der Waals surface area contributed by atoms with E-state index in [1.165, 1.54) is 34.2 Å². The molecule has 12 heteroatoms. The summed E-state index contributed by atoms with van der Waals surface area (Å²) in [7, 11) is 0. The van der Waals surface area contributed by atoms with Crippen molar-refractivity contribution in [1.82, 2.24) is 15.2 Å². The number of β-lactam (4-membered cyclic amide) rings is 1. The monoisotopic (exact) mass is 467 g/mol. The number of fused-ring (bicyclic) bond motifs is 1. The molecule has 3 atom stereocenters. The van der Waals surface area contributed by atoms with Crippen molar-refractivity contribution in [2.45, 2.75) is 56.2 Å². The van der Waals surface area contributed by atoms with Gasteiger partial charge in [0.05, 0.1) is 5.57 Å². The number of unbranched alkanes of at least 4 members (excludes halogenated alkanes) is 3. The average Bonchev–Trinajstić information content (AvgIpc) is 3.16. The van der Waals surface area contributed by atoms with Gasteiger partial charge in [0.2, 0.25) is 0 Å². The second kappa shape index (κ2) is 10.1. The van der Waals surface area contributed by atoms with Gasteiger partial charge >= 0.3 is 5.97 Å². The fourth-order valence-electron chi connectivity index (χ4n) is 3.18. The third-order valence-electron chi connectivity index (χ3n) is 4.90. The summed E-state index contributed by atoms with van der Waals surface area (Å²) in [5.41, 5.74) is 6.06. The first kappa shape index (κ1) is 23.1. The van der Waals surface area contributed by atoms with Crippen LogP contribution in [0.15, 0.2) is 22.3 Å². The Bertz CT molecular complexity index is 915. The Morgan fingerprint density at radius 1 is 1.39 bits per heavy atom. The summed E-state index contributed by atoms with van der Waals surface area (Å²) in [6.07, 6.45) is 5.36. The number of aromatic nitrogens is 1. The molecule has 0 aromatic carbocycles. The second-order valence-electron chi connectivity index (χ2n) is 7.16. The molecule has 1 fully saturated rings. The van der Waals surface area contributed by atoms with Crippen molar-refractivity contribution < 1.29 is 24.3 Å². The molecule has 3 heterocycles. The molecule has 31 heavy (non-hydrogen) atoms. The highest BCUT2D eigenvalue weighted by atomic mass is 32.2. The van der Waals surface area contributed by atoms with Crippen molar-refractivity contribution in [2.75, 3.05) is 12.3 Å². The number of rotatable bonds is 10. The standard InChI is InChI=1S/C19H25N5O5S2/c1-3-4-5-6-7-29-23-13(12-9-30-19(20)21-12)15(25)22-14-16(26)24-8-11(18(27)28)10(2)31-17(14)24/h8-10,14,17H,3-7H2,1-2H3,(H2,20,21)(H,22,25)(H,27,28)/t10?,14?,17-/m1/s1. The van der Waals surface area contributed by atoms with E-state index in [-0.39, 0.29) is 38.6 Å². The van der Waals surface area contributed by atoms with Crippen LogP contribution < -0.4 is 11.1 Å². The van der Waals surface area contributed by atoms with E-state index in [1.807, 2.05) is 0 Å². The van der Waals surface area contributed by atoms with Crippen LogP contribution >= 0.6 is 23.1 Å². The van der Waals surface area contributed by atoms with E-state index in [9.17, 15) is 19.5 Å². The zero-order chi connectivity index (χ0) is 22.5. The number of carboxylic acids is 1. The van der Waals surface area contributed by atoms with Gasteiger partial charge in [0.1, 0.15) is 23.7 Å². The minimum Gasteiger partial charge on any atom is -0.478 e. The topological polar surface area (TPSA) is 147 Å². The number of carboxylic acid groups (broad SMARTS) is 1. The first-order chi connectivity index (χ1) is 14.8. The number of carbonyl (C=O) groups is 3. The predicted molar refractivity (Wildman–Crippen MR) is 118 cm³/mol. The number of aliphatic carboxylic acids is 1. The number of hydrogen-bond acceptors (Lipinski definition) is 9. The van der Waals surface area contributed by atoms with Gasteiger partial charge in [-0.05, 0) is 19.8 Å². The molecule has 10 nitrogen and oxygen atoms in total. The molecule has 0 radical (unpaired) electrons. The van der Waals surface area contributed by atoms with E-state index >= 15 is 0 Å². The lowest BCUT2D eigenvalue weighted by Gasteiger charge is -2.48. The molecule has 2 aliphatic heterocycles. The molecule has 0 spiro atoms. The summed E-state index contributed by atoms with van der Waals surface area (Å²) in [4.78, 5) is 47.5. The van der Waals surface area contributed by atoms with Crippen LogP contribution in [0.2, 0.25) is 0 Å².